The number of nitrogens with zero attached hydrogens (tertiary/aromatic N) is 4. The molecule has 0 spiro atoms. The Morgan fingerprint density at radius 1 is 1.33 bits per heavy atom. The second kappa shape index (κ2) is 9.64. The highest BCUT2D eigenvalue weighted by Gasteiger charge is 2.22. The summed E-state index contributed by atoms with van der Waals surface area (Å²) in [6.07, 6.45) is 5.05. The van der Waals surface area contributed by atoms with Crippen LogP contribution in [0, 0.1) is 5.92 Å². The van der Waals surface area contributed by atoms with Gasteiger partial charge in [-0.25, -0.2) is 0 Å². The standard InChI is InChI=1S/C17H32N6O/c1-14(2)9-16(23-5-7-24-8-6-23)12-20-17(18-3)19-10-15-11-21-22(4)13-15/h11,13-14,16H,5-10,12H2,1-4H3,(H2,18,19,20). The molecule has 1 aromatic rings. The highest BCUT2D eigenvalue weighted by molar-refractivity contribution is 5.79. The first-order valence-corrected chi connectivity index (χ1v) is 8.82. The molecule has 0 bridgehead atoms. The van der Waals surface area contributed by atoms with E-state index in [4.69, 9.17) is 4.74 Å². The van der Waals surface area contributed by atoms with Gasteiger partial charge in [-0.15, -0.1) is 0 Å². The van der Waals surface area contributed by atoms with E-state index in [9.17, 15) is 0 Å². The lowest BCUT2D eigenvalue weighted by atomic mass is 10.0. The molecular formula is C17H32N6O. The average molecular weight is 336 g/mol. The maximum Gasteiger partial charge on any atom is 0.191 e. The van der Waals surface area contributed by atoms with Crippen LogP contribution in [-0.2, 0) is 18.3 Å². The van der Waals surface area contributed by atoms with Crippen molar-refractivity contribution in [1.29, 1.82) is 0 Å². The third kappa shape index (κ3) is 6.13. The lowest BCUT2D eigenvalue weighted by Gasteiger charge is -2.35. The Balaban J connectivity index is 1.83. The SMILES string of the molecule is CN=C(NCc1cnn(C)c1)NCC(CC(C)C)N1CCOCC1. The Hall–Kier alpha value is -1.60. The number of aryl methyl sites for hydroxylation is 1. The smallest absolute Gasteiger partial charge is 0.191 e. The molecule has 7 heteroatoms. The number of hydrogen-bond acceptors (Lipinski definition) is 4. The maximum atomic E-state index is 5.49. The largest absolute Gasteiger partial charge is 0.379 e. The molecule has 2 rings (SSSR count). The molecule has 0 aliphatic carbocycles. The van der Waals surface area contributed by atoms with E-state index >= 15 is 0 Å². The first-order valence-electron chi connectivity index (χ1n) is 8.82. The van der Waals surface area contributed by atoms with Crippen LogP contribution in [0.3, 0.4) is 0 Å². The van der Waals surface area contributed by atoms with Crippen LogP contribution in [0.2, 0.25) is 0 Å². The van der Waals surface area contributed by atoms with Gasteiger partial charge in [0.2, 0.25) is 0 Å². The Morgan fingerprint density at radius 3 is 2.67 bits per heavy atom. The van der Waals surface area contributed by atoms with Gasteiger partial charge in [0, 0.05) is 58.1 Å². The predicted octanol–water partition coefficient (Wildman–Crippen LogP) is 0.832. The van der Waals surface area contributed by atoms with Gasteiger partial charge in [-0.05, 0) is 12.3 Å². The quantitative estimate of drug-likeness (QED) is 0.570. The molecule has 1 aliphatic rings. The fraction of sp³-hybridized carbons (Fsp3) is 0.765. The molecule has 1 aromatic heterocycles. The molecule has 136 valence electrons. The van der Waals surface area contributed by atoms with E-state index in [2.05, 4.69) is 39.5 Å². The fourth-order valence-corrected chi connectivity index (χ4v) is 3.03. The number of rotatable bonds is 7. The van der Waals surface area contributed by atoms with Gasteiger partial charge in [0.25, 0.3) is 0 Å². The van der Waals surface area contributed by atoms with Crippen molar-refractivity contribution in [2.45, 2.75) is 32.9 Å². The van der Waals surface area contributed by atoms with Gasteiger partial charge in [0.15, 0.2) is 5.96 Å². The molecule has 0 aromatic carbocycles. The van der Waals surface area contributed by atoms with Gasteiger partial charge in [-0.2, -0.15) is 5.10 Å². The van der Waals surface area contributed by atoms with E-state index in [0.717, 1.165) is 50.9 Å². The number of aliphatic imine (C=N–C) groups is 1. The zero-order valence-electron chi connectivity index (χ0n) is 15.5. The summed E-state index contributed by atoms with van der Waals surface area (Å²) in [6, 6.07) is 0.505. The highest BCUT2D eigenvalue weighted by Crippen LogP contribution is 2.13. The second-order valence-electron chi connectivity index (χ2n) is 6.76. The van der Waals surface area contributed by atoms with Gasteiger partial charge >= 0.3 is 0 Å². The third-order valence-corrected chi connectivity index (χ3v) is 4.25. The molecule has 1 atom stereocenters. The van der Waals surface area contributed by atoms with Crippen LogP contribution in [0.5, 0.6) is 0 Å². The van der Waals surface area contributed by atoms with Gasteiger partial charge in [-0.3, -0.25) is 14.6 Å². The number of nitrogens with one attached hydrogen (secondary N) is 2. The van der Waals surface area contributed by atoms with Crippen molar-refractivity contribution < 1.29 is 4.74 Å². The Labute approximate surface area is 145 Å². The zero-order chi connectivity index (χ0) is 17.4. The van der Waals surface area contributed by atoms with Crippen LogP contribution < -0.4 is 10.6 Å². The van der Waals surface area contributed by atoms with E-state index < -0.39 is 0 Å². The summed E-state index contributed by atoms with van der Waals surface area (Å²) in [7, 11) is 3.74. The molecule has 2 N–H and O–H groups in total. The fourth-order valence-electron chi connectivity index (χ4n) is 3.03. The summed E-state index contributed by atoms with van der Waals surface area (Å²) < 4.78 is 7.29. The first-order chi connectivity index (χ1) is 11.6. The monoisotopic (exact) mass is 336 g/mol. The minimum absolute atomic E-state index is 0.505. The minimum Gasteiger partial charge on any atom is -0.379 e. The number of morpholine rings is 1. The molecule has 2 heterocycles. The van der Waals surface area contributed by atoms with Crippen LogP contribution in [0.25, 0.3) is 0 Å². The highest BCUT2D eigenvalue weighted by atomic mass is 16.5. The first kappa shape index (κ1) is 18.7. The van der Waals surface area contributed by atoms with Crippen molar-refractivity contribution >= 4 is 5.96 Å². The van der Waals surface area contributed by atoms with Gasteiger partial charge < -0.3 is 15.4 Å². The Bertz CT molecular complexity index is 507. The lowest BCUT2D eigenvalue weighted by molar-refractivity contribution is 0.0132. The van der Waals surface area contributed by atoms with E-state index in [1.54, 1.807) is 0 Å². The third-order valence-electron chi connectivity index (χ3n) is 4.25. The summed E-state index contributed by atoms with van der Waals surface area (Å²) in [5, 5.41) is 11.0. The van der Waals surface area contributed by atoms with E-state index in [1.807, 2.05) is 31.2 Å². The summed E-state index contributed by atoms with van der Waals surface area (Å²) in [6.45, 7) is 9.88. The normalized spacial score (nSPS) is 18.0. The molecule has 1 fully saturated rings. The van der Waals surface area contributed by atoms with Crippen molar-refractivity contribution in [3.05, 3.63) is 18.0 Å². The molecule has 1 saturated heterocycles. The Morgan fingerprint density at radius 2 is 2.08 bits per heavy atom. The van der Waals surface area contributed by atoms with Crippen LogP contribution in [0.1, 0.15) is 25.8 Å². The van der Waals surface area contributed by atoms with Gasteiger partial charge in [-0.1, -0.05) is 13.8 Å². The van der Waals surface area contributed by atoms with E-state index in [-0.39, 0.29) is 0 Å². The summed E-state index contributed by atoms with van der Waals surface area (Å²) >= 11 is 0. The van der Waals surface area contributed by atoms with Crippen molar-refractivity contribution in [3.8, 4) is 0 Å². The lowest BCUT2D eigenvalue weighted by Crippen LogP contribution is -2.50. The molecule has 1 unspecified atom stereocenters. The maximum absolute atomic E-state index is 5.49. The van der Waals surface area contributed by atoms with Crippen molar-refractivity contribution in [2.24, 2.45) is 18.0 Å². The number of aromatic nitrogens is 2. The Kier molecular flexibility index (Phi) is 7.52. The number of guanidine groups is 1. The second-order valence-corrected chi connectivity index (χ2v) is 6.76. The zero-order valence-corrected chi connectivity index (χ0v) is 15.5. The average Bonchev–Trinajstić information content (AvgIpc) is 2.99. The van der Waals surface area contributed by atoms with E-state index in [1.165, 1.54) is 6.42 Å². The van der Waals surface area contributed by atoms with Crippen LogP contribution in [-0.4, -0.2) is 66.6 Å². The van der Waals surface area contributed by atoms with Gasteiger partial charge in [0.05, 0.1) is 19.4 Å². The molecule has 0 amide bonds. The molecular weight excluding hydrogens is 304 g/mol. The molecule has 0 saturated carbocycles. The molecule has 7 nitrogen and oxygen atoms in total. The minimum atomic E-state index is 0.505. The number of ether oxygens (including phenoxy) is 1. The van der Waals surface area contributed by atoms with Crippen molar-refractivity contribution in [2.75, 3.05) is 39.9 Å². The van der Waals surface area contributed by atoms with Crippen LogP contribution in [0.4, 0.5) is 0 Å². The summed E-state index contributed by atoms with van der Waals surface area (Å²) in [4.78, 5) is 6.86. The summed E-state index contributed by atoms with van der Waals surface area (Å²) in [5.74, 6) is 1.51. The molecule has 1 aliphatic heterocycles. The van der Waals surface area contributed by atoms with Crippen molar-refractivity contribution in [1.82, 2.24) is 25.3 Å². The predicted molar refractivity (Wildman–Crippen MR) is 97.0 cm³/mol. The van der Waals surface area contributed by atoms with E-state index in [0.29, 0.717) is 12.0 Å². The van der Waals surface area contributed by atoms with Gasteiger partial charge in [0.1, 0.15) is 0 Å². The number of hydrogen-bond donors (Lipinski definition) is 2. The van der Waals surface area contributed by atoms with Crippen LogP contribution in [0.15, 0.2) is 17.4 Å². The molecule has 0 radical (unpaired) electrons. The van der Waals surface area contributed by atoms with Crippen molar-refractivity contribution in [3.63, 3.8) is 0 Å². The topological polar surface area (TPSA) is 66.7 Å². The summed E-state index contributed by atoms with van der Waals surface area (Å²) in [5.41, 5.74) is 1.15. The molecule has 24 heavy (non-hydrogen) atoms. The van der Waals surface area contributed by atoms with Crippen LogP contribution >= 0.6 is 0 Å².